The van der Waals surface area contributed by atoms with Crippen molar-refractivity contribution in [2.24, 2.45) is 0 Å². The summed E-state index contributed by atoms with van der Waals surface area (Å²) < 4.78 is 102. The molecule has 22 nitrogen and oxygen atoms in total. The van der Waals surface area contributed by atoms with Crippen LogP contribution in [0.2, 0.25) is 0 Å². The number of carbonyl (C=O) groups excluding carboxylic acids is 4. The monoisotopic (exact) mass is 1010 g/mol. The lowest BCUT2D eigenvalue weighted by Gasteiger charge is -2.33. The van der Waals surface area contributed by atoms with E-state index in [1.807, 2.05) is 60.7 Å². The van der Waals surface area contributed by atoms with Crippen molar-refractivity contribution in [3.05, 3.63) is 112 Å². The van der Waals surface area contributed by atoms with E-state index in [1.54, 1.807) is 6.07 Å². The number of nitrogens with zero attached hydrogens (tertiary/aromatic N) is 4. The van der Waals surface area contributed by atoms with Crippen LogP contribution in [-0.2, 0) is 50.3 Å². The highest BCUT2D eigenvalue weighted by atomic mass is 32.3. The summed E-state index contributed by atoms with van der Waals surface area (Å²) in [6.45, 7) is 4.15. The molecule has 0 bridgehead atoms. The van der Waals surface area contributed by atoms with Crippen LogP contribution >= 0.6 is 22.7 Å². The second-order valence-corrected chi connectivity index (χ2v) is 18.2. The molecule has 0 atom stereocenters. The smallest absolute Gasteiger partial charge is 0.422 e. The molecule has 2 aliphatic rings. The van der Waals surface area contributed by atoms with E-state index < -0.39 is 36.8 Å². The van der Waals surface area contributed by atoms with Gasteiger partial charge in [-0.25, -0.2) is 19.6 Å². The third-order valence-electron chi connectivity index (χ3n) is 9.29. The molecule has 0 spiro atoms. The summed E-state index contributed by atoms with van der Waals surface area (Å²) in [5, 5.41) is 2.86. The predicted octanol–water partition coefficient (Wildman–Crippen LogP) is 4.98. The van der Waals surface area contributed by atoms with Crippen LogP contribution in [0.25, 0.3) is 63.5 Å². The Hall–Kier alpha value is -7.16. The van der Waals surface area contributed by atoms with Crippen molar-refractivity contribution in [3.8, 4) is 21.1 Å². The third kappa shape index (κ3) is 13.9. The lowest BCUT2D eigenvalue weighted by atomic mass is 10.1. The van der Waals surface area contributed by atoms with Crippen LogP contribution in [0.4, 0.5) is 11.4 Å². The van der Waals surface area contributed by atoms with E-state index in [9.17, 15) is 22.6 Å². The summed E-state index contributed by atoms with van der Waals surface area (Å²) in [5.41, 5.74) is 4.77. The Balaban J connectivity index is 0.000000195. The van der Waals surface area contributed by atoms with E-state index in [1.165, 1.54) is 47.3 Å². The number of fused-ring (bicyclic) bond motifs is 4. The maximum Gasteiger partial charge on any atom is 0.425 e. The maximum atomic E-state index is 12.6. The molecular formula is C40H30N4O18S5. The van der Waals surface area contributed by atoms with Gasteiger partial charge in [0.25, 0.3) is 10.1 Å². The van der Waals surface area contributed by atoms with E-state index in [0.717, 1.165) is 65.0 Å². The molecule has 0 radical (unpaired) electrons. The molecule has 2 saturated heterocycles. The van der Waals surface area contributed by atoms with Crippen LogP contribution in [0, 0.1) is 0 Å². The van der Waals surface area contributed by atoms with Gasteiger partial charge in [-0.05, 0) is 79.6 Å². The second-order valence-electron chi connectivity index (χ2n) is 13.4. The number of aromatic nitrogens is 2. The molecule has 2 fully saturated rings. The van der Waals surface area contributed by atoms with Crippen LogP contribution in [-0.4, -0.2) is 91.6 Å². The van der Waals surface area contributed by atoms with Crippen LogP contribution in [0.3, 0.4) is 0 Å². The highest BCUT2D eigenvalue weighted by Crippen LogP contribution is 2.34. The molecule has 3 N–H and O–H groups in total. The first-order valence-electron chi connectivity index (χ1n) is 18.6. The highest BCUT2D eigenvalue weighted by Gasteiger charge is 2.20. The predicted molar refractivity (Wildman–Crippen MR) is 240 cm³/mol. The summed E-state index contributed by atoms with van der Waals surface area (Å²) in [5.74, 6) is 0. The average molecular weight is 1020 g/mol. The van der Waals surface area contributed by atoms with Crippen molar-refractivity contribution >= 4 is 120 Å². The third-order valence-corrected chi connectivity index (χ3v) is 12.3. The Bertz CT molecular complexity index is 3590. The Labute approximate surface area is 385 Å². The van der Waals surface area contributed by atoms with Crippen LogP contribution < -0.4 is 21.1 Å². The molecule has 27 heteroatoms. The quantitative estimate of drug-likeness (QED) is 0.151. The summed E-state index contributed by atoms with van der Waals surface area (Å²) >= 11 is 2.68. The number of thiazole rings is 2. The summed E-state index contributed by atoms with van der Waals surface area (Å²) in [4.78, 5) is 70.8. The van der Waals surface area contributed by atoms with Crippen molar-refractivity contribution in [2.75, 3.05) is 36.0 Å². The molecule has 2 aliphatic heterocycles. The van der Waals surface area contributed by atoms with E-state index in [2.05, 4.69) is 25.8 Å². The van der Waals surface area contributed by atoms with E-state index in [0.29, 0.717) is 42.5 Å². The summed E-state index contributed by atoms with van der Waals surface area (Å²) in [6.07, 6.45) is 2.89. The van der Waals surface area contributed by atoms with Crippen molar-refractivity contribution < 1.29 is 71.1 Å². The molecular weight excluding hydrogens is 985 g/mol. The van der Waals surface area contributed by atoms with Gasteiger partial charge in [0, 0.05) is 60.5 Å². The van der Waals surface area contributed by atoms with Crippen LogP contribution in [0.5, 0.6) is 0 Å². The number of hydrogen-bond acceptors (Lipinski definition) is 21. The second kappa shape index (κ2) is 22.4. The lowest BCUT2D eigenvalue weighted by molar-refractivity contribution is -0.193. The number of anilines is 2. The Morgan fingerprint density at radius 2 is 0.985 bits per heavy atom. The Morgan fingerprint density at radius 1 is 0.582 bits per heavy atom. The van der Waals surface area contributed by atoms with Crippen LogP contribution in [0.15, 0.2) is 114 Å². The van der Waals surface area contributed by atoms with E-state index >= 15 is 0 Å². The molecule has 0 aliphatic carbocycles. The standard InChI is InChI=1S/C19H14N2O5S2.C19H14N2O2S.2CO2.H2O4S.O3S/c22-19-14(8-11-2-3-12(9-16(11)26-19)21-6-1-7-21)18-20-15-5-4-13(28(23,24)25)10-17(15)27-18;22-19-14(18-20-15-4-1-2-5-17(15)24-18)10-12-6-7-13(11-16(12)23-19)21-8-3-9-21;2*2-1-3;1-5(2,3)4;1-4(2)3/h2-5,8-10H,1,6-7H2,(H,23,24,25);1-2,4-7,10-11H,3,8-9H2;;;(H2,1,2,3,4);. The Morgan fingerprint density at radius 3 is 1.37 bits per heavy atom. The Kier molecular flexibility index (Phi) is 17.0. The fraction of sp³-hybridized carbons (Fsp3) is 0.150. The van der Waals surface area contributed by atoms with Gasteiger partial charge >= 0.3 is 44.6 Å². The first-order chi connectivity index (χ1) is 31.7. The molecule has 67 heavy (non-hydrogen) atoms. The lowest BCUT2D eigenvalue weighted by Crippen LogP contribution is -2.36. The van der Waals surface area contributed by atoms with Gasteiger partial charge in [-0.1, -0.05) is 12.1 Å². The van der Waals surface area contributed by atoms with Crippen LogP contribution in [0.1, 0.15) is 12.8 Å². The minimum atomic E-state index is -4.67. The van der Waals surface area contributed by atoms with Gasteiger partial charge in [-0.15, -0.1) is 35.3 Å². The van der Waals surface area contributed by atoms with Gasteiger partial charge in [0.05, 0.1) is 36.5 Å². The minimum Gasteiger partial charge on any atom is -0.422 e. The number of hydrogen-bond donors (Lipinski definition) is 3. The van der Waals surface area contributed by atoms with E-state index in [-0.39, 0.29) is 22.8 Å². The molecule has 10 rings (SSSR count). The molecule has 0 saturated carbocycles. The van der Waals surface area contributed by atoms with Crippen molar-refractivity contribution in [2.45, 2.75) is 17.7 Å². The maximum absolute atomic E-state index is 12.6. The SMILES string of the molecule is O=C=O.O=C=O.O=S(=O)(O)O.O=S(=O)=O.O=c1oc2cc(N3CCC3)ccc2cc1-c1nc2ccc(S(=O)(=O)O)cc2s1.O=c1oc2cc(N3CCC3)ccc2cc1-c1nc2ccccc2s1. The average Bonchev–Trinajstić information content (AvgIpc) is 3.83. The first kappa shape index (κ1) is 50.8. The summed E-state index contributed by atoms with van der Waals surface area (Å²) in [6, 6.07) is 27.5. The number of benzene rings is 4. The normalized spacial score (nSPS) is 12.6. The van der Waals surface area contributed by atoms with Gasteiger partial charge in [-0.3, -0.25) is 13.7 Å². The molecule has 348 valence electrons. The molecule has 4 aromatic carbocycles. The molecule has 6 heterocycles. The largest absolute Gasteiger partial charge is 0.425 e. The molecule has 4 aromatic heterocycles. The van der Waals surface area contributed by atoms with E-state index in [4.69, 9.17) is 58.2 Å². The first-order valence-corrected chi connectivity index (χ1v) is 24.0. The molecule has 8 aromatic rings. The highest BCUT2D eigenvalue weighted by molar-refractivity contribution is 7.85. The zero-order valence-corrected chi connectivity index (χ0v) is 37.8. The summed E-state index contributed by atoms with van der Waals surface area (Å²) in [7, 11) is -12.1. The van der Waals surface area contributed by atoms with Gasteiger partial charge in [-0.2, -0.15) is 36.0 Å². The number of rotatable bonds is 5. The topological polar surface area (TPSA) is 341 Å². The zero-order chi connectivity index (χ0) is 49.1. The van der Waals surface area contributed by atoms with Crippen molar-refractivity contribution in [1.82, 2.24) is 9.97 Å². The number of para-hydroxylation sites is 1. The van der Waals surface area contributed by atoms with Gasteiger partial charge in [0.15, 0.2) is 0 Å². The van der Waals surface area contributed by atoms with Crippen molar-refractivity contribution in [3.63, 3.8) is 0 Å². The van der Waals surface area contributed by atoms with Gasteiger partial charge in [0.1, 0.15) is 21.2 Å². The minimum absolute atomic E-state index is 0.209. The van der Waals surface area contributed by atoms with Crippen molar-refractivity contribution in [1.29, 1.82) is 0 Å². The van der Waals surface area contributed by atoms with Gasteiger partial charge in [0.2, 0.25) is 0 Å². The zero-order valence-electron chi connectivity index (χ0n) is 33.7. The fourth-order valence-electron chi connectivity index (χ4n) is 6.21. The molecule has 0 unspecified atom stereocenters. The molecule has 0 amide bonds. The van der Waals surface area contributed by atoms with Gasteiger partial charge < -0.3 is 18.6 Å². The fourth-order valence-corrected chi connectivity index (χ4v) is 8.77.